The van der Waals surface area contributed by atoms with E-state index in [4.69, 9.17) is 4.98 Å². The van der Waals surface area contributed by atoms with Gasteiger partial charge in [0.05, 0.1) is 22.6 Å². The fraction of sp³-hybridized carbons (Fsp3) is 0.194. The van der Waals surface area contributed by atoms with Crippen LogP contribution in [0.3, 0.4) is 0 Å². The van der Waals surface area contributed by atoms with Crippen LogP contribution in [0.1, 0.15) is 48.1 Å². The van der Waals surface area contributed by atoms with Crippen molar-refractivity contribution in [3.63, 3.8) is 0 Å². The monoisotopic (exact) mass is 475 g/mol. The molecule has 0 radical (unpaired) electrons. The van der Waals surface area contributed by atoms with Crippen LogP contribution in [0.5, 0.6) is 0 Å². The molecule has 0 bridgehead atoms. The standard InChI is InChI=1S/C31H29N3O2/c1-4-19-33(30(35)24-15-13-21(2)14-16-24)22(3)29-32-28-12-8-7-11-27(28)31(36)34(29)26-18-17-23-9-5-6-10-25(23)20-26/h5-18,20,22H,4,19H2,1-3H3. The first-order chi connectivity index (χ1) is 17.5. The van der Waals surface area contributed by atoms with Crippen molar-refractivity contribution >= 4 is 27.6 Å². The van der Waals surface area contributed by atoms with Crippen LogP contribution in [0, 0.1) is 6.92 Å². The zero-order chi connectivity index (χ0) is 25.2. The van der Waals surface area contributed by atoms with Crippen LogP contribution in [0.2, 0.25) is 0 Å². The molecule has 36 heavy (non-hydrogen) atoms. The van der Waals surface area contributed by atoms with Gasteiger partial charge in [0.2, 0.25) is 0 Å². The molecule has 0 spiro atoms. The Labute approximate surface area is 210 Å². The second-order valence-corrected chi connectivity index (χ2v) is 9.20. The number of amides is 1. The lowest BCUT2D eigenvalue weighted by Crippen LogP contribution is -2.38. The molecule has 1 amide bonds. The minimum absolute atomic E-state index is 0.0724. The number of rotatable bonds is 6. The Morgan fingerprint density at radius 1 is 0.917 bits per heavy atom. The maximum Gasteiger partial charge on any atom is 0.266 e. The Bertz CT molecular complexity index is 1620. The van der Waals surface area contributed by atoms with Crippen LogP contribution in [-0.4, -0.2) is 26.9 Å². The SMILES string of the molecule is CCCN(C(=O)c1ccc(C)cc1)C(C)c1nc2ccccc2c(=O)n1-c1ccc2ccccc2c1. The number of hydrogen-bond acceptors (Lipinski definition) is 3. The Morgan fingerprint density at radius 2 is 1.61 bits per heavy atom. The number of carbonyl (C=O) groups is 1. The molecule has 5 rings (SSSR count). The largest absolute Gasteiger partial charge is 0.329 e. The van der Waals surface area contributed by atoms with Crippen LogP contribution in [-0.2, 0) is 0 Å². The molecular formula is C31H29N3O2. The van der Waals surface area contributed by atoms with Crippen molar-refractivity contribution in [2.24, 2.45) is 0 Å². The van der Waals surface area contributed by atoms with Crippen molar-refractivity contribution < 1.29 is 4.79 Å². The Morgan fingerprint density at radius 3 is 2.36 bits per heavy atom. The van der Waals surface area contributed by atoms with E-state index in [0.717, 1.165) is 28.4 Å². The van der Waals surface area contributed by atoms with E-state index in [9.17, 15) is 9.59 Å². The van der Waals surface area contributed by atoms with Gasteiger partial charge in [-0.05, 0) is 67.4 Å². The summed E-state index contributed by atoms with van der Waals surface area (Å²) in [6, 6.07) is 28.6. The van der Waals surface area contributed by atoms with Crippen molar-refractivity contribution in [2.45, 2.75) is 33.2 Å². The highest BCUT2D eigenvalue weighted by atomic mass is 16.2. The van der Waals surface area contributed by atoms with E-state index in [2.05, 4.69) is 0 Å². The zero-order valence-electron chi connectivity index (χ0n) is 20.8. The Kier molecular flexibility index (Phi) is 6.38. The number of para-hydroxylation sites is 1. The van der Waals surface area contributed by atoms with Gasteiger partial charge in [-0.3, -0.25) is 14.2 Å². The van der Waals surface area contributed by atoms with Gasteiger partial charge in [-0.15, -0.1) is 0 Å². The average Bonchev–Trinajstić information content (AvgIpc) is 2.91. The fourth-order valence-corrected chi connectivity index (χ4v) is 4.71. The maximum atomic E-state index is 13.9. The Balaban J connectivity index is 1.70. The molecule has 5 heteroatoms. The van der Waals surface area contributed by atoms with E-state index in [-0.39, 0.29) is 11.5 Å². The predicted molar refractivity (Wildman–Crippen MR) is 146 cm³/mol. The van der Waals surface area contributed by atoms with Gasteiger partial charge in [-0.1, -0.05) is 67.1 Å². The second-order valence-electron chi connectivity index (χ2n) is 9.20. The highest BCUT2D eigenvalue weighted by molar-refractivity contribution is 5.94. The summed E-state index contributed by atoms with van der Waals surface area (Å²) in [6.45, 7) is 6.55. The number of aromatic nitrogens is 2. The molecule has 0 aliphatic rings. The van der Waals surface area contributed by atoms with Crippen LogP contribution < -0.4 is 5.56 Å². The number of carbonyl (C=O) groups excluding carboxylic acids is 1. The minimum Gasteiger partial charge on any atom is -0.329 e. The maximum absolute atomic E-state index is 13.9. The quantitative estimate of drug-likeness (QED) is 0.283. The first kappa shape index (κ1) is 23.5. The molecule has 180 valence electrons. The zero-order valence-corrected chi connectivity index (χ0v) is 20.8. The summed E-state index contributed by atoms with van der Waals surface area (Å²) >= 11 is 0. The molecule has 0 aliphatic carbocycles. The molecular weight excluding hydrogens is 446 g/mol. The smallest absolute Gasteiger partial charge is 0.266 e. The van der Waals surface area contributed by atoms with Gasteiger partial charge in [0, 0.05) is 12.1 Å². The summed E-state index contributed by atoms with van der Waals surface area (Å²) in [7, 11) is 0. The van der Waals surface area contributed by atoms with Crippen LogP contribution in [0.4, 0.5) is 0 Å². The number of benzene rings is 4. The lowest BCUT2D eigenvalue weighted by atomic mass is 10.1. The third-order valence-corrected chi connectivity index (χ3v) is 6.66. The molecule has 1 atom stereocenters. The van der Waals surface area contributed by atoms with Gasteiger partial charge < -0.3 is 4.90 Å². The lowest BCUT2D eigenvalue weighted by molar-refractivity contribution is 0.0681. The van der Waals surface area contributed by atoms with Crippen molar-refractivity contribution in [3.8, 4) is 5.69 Å². The molecule has 5 aromatic rings. The van der Waals surface area contributed by atoms with Gasteiger partial charge in [-0.25, -0.2) is 4.98 Å². The summed E-state index contributed by atoms with van der Waals surface area (Å²) in [6.07, 6.45) is 0.787. The number of aryl methyl sites for hydroxylation is 1. The lowest BCUT2D eigenvalue weighted by Gasteiger charge is -2.30. The molecule has 0 aliphatic heterocycles. The van der Waals surface area contributed by atoms with Gasteiger partial charge in [0.25, 0.3) is 11.5 Å². The molecule has 0 fully saturated rings. The molecule has 0 saturated heterocycles. The third-order valence-electron chi connectivity index (χ3n) is 6.66. The van der Waals surface area contributed by atoms with E-state index in [1.807, 2.05) is 111 Å². The van der Waals surface area contributed by atoms with Crippen molar-refractivity contribution in [2.75, 3.05) is 6.54 Å². The predicted octanol–water partition coefficient (Wildman–Crippen LogP) is 6.46. The summed E-state index contributed by atoms with van der Waals surface area (Å²) in [5.41, 5.74) is 2.94. The van der Waals surface area contributed by atoms with Gasteiger partial charge in [0.1, 0.15) is 5.82 Å². The van der Waals surface area contributed by atoms with Gasteiger partial charge in [0.15, 0.2) is 0 Å². The third kappa shape index (κ3) is 4.29. The summed E-state index contributed by atoms with van der Waals surface area (Å²) in [5.74, 6) is 0.472. The summed E-state index contributed by atoms with van der Waals surface area (Å²) in [4.78, 5) is 34.3. The molecule has 4 aromatic carbocycles. The first-order valence-electron chi connectivity index (χ1n) is 12.4. The van der Waals surface area contributed by atoms with Crippen LogP contribution in [0.15, 0.2) is 95.8 Å². The van der Waals surface area contributed by atoms with Gasteiger partial charge in [-0.2, -0.15) is 0 Å². The van der Waals surface area contributed by atoms with E-state index in [1.165, 1.54) is 0 Å². The highest BCUT2D eigenvalue weighted by Gasteiger charge is 2.27. The summed E-state index contributed by atoms with van der Waals surface area (Å²) < 4.78 is 1.67. The summed E-state index contributed by atoms with van der Waals surface area (Å²) in [5, 5.41) is 2.68. The molecule has 5 nitrogen and oxygen atoms in total. The fourth-order valence-electron chi connectivity index (χ4n) is 4.71. The molecule has 0 saturated carbocycles. The number of fused-ring (bicyclic) bond motifs is 2. The molecule has 0 N–H and O–H groups in total. The number of hydrogen-bond donors (Lipinski definition) is 0. The van der Waals surface area contributed by atoms with Crippen molar-refractivity contribution in [1.82, 2.24) is 14.5 Å². The second kappa shape index (κ2) is 9.78. The number of nitrogens with zero attached hydrogens (tertiary/aromatic N) is 3. The van der Waals surface area contributed by atoms with E-state index >= 15 is 0 Å². The van der Waals surface area contributed by atoms with Crippen molar-refractivity contribution in [1.29, 1.82) is 0 Å². The topological polar surface area (TPSA) is 55.2 Å². The minimum atomic E-state index is -0.428. The molecule has 1 unspecified atom stereocenters. The average molecular weight is 476 g/mol. The molecule has 1 aromatic heterocycles. The van der Waals surface area contributed by atoms with Crippen LogP contribution >= 0.6 is 0 Å². The van der Waals surface area contributed by atoms with Gasteiger partial charge >= 0.3 is 0 Å². The van der Waals surface area contributed by atoms with E-state index in [0.29, 0.717) is 28.8 Å². The van der Waals surface area contributed by atoms with Crippen molar-refractivity contribution in [3.05, 3.63) is 118 Å². The molecule has 1 heterocycles. The van der Waals surface area contributed by atoms with E-state index in [1.54, 1.807) is 10.6 Å². The highest BCUT2D eigenvalue weighted by Crippen LogP contribution is 2.26. The van der Waals surface area contributed by atoms with Crippen LogP contribution in [0.25, 0.3) is 27.4 Å². The van der Waals surface area contributed by atoms with E-state index < -0.39 is 6.04 Å². The normalized spacial score (nSPS) is 12.1. The Hall–Kier alpha value is -4.25. The first-order valence-corrected chi connectivity index (χ1v) is 12.4.